The number of allylic oxidation sites excluding steroid dienone is 1. The van der Waals surface area contributed by atoms with Crippen molar-refractivity contribution >= 4 is 23.3 Å². The van der Waals surface area contributed by atoms with Crippen LogP contribution in [0, 0.1) is 0 Å². The summed E-state index contributed by atoms with van der Waals surface area (Å²) in [5.41, 5.74) is 1.43. The van der Waals surface area contributed by atoms with Crippen molar-refractivity contribution in [2.45, 2.75) is 0 Å². The molecule has 2 aromatic carbocycles. The summed E-state index contributed by atoms with van der Waals surface area (Å²) in [4.78, 5) is 27.3. The number of rotatable bonds is 7. The van der Waals surface area contributed by atoms with E-state index in [4.69, 9.17) is 14.2 Å². The number of benzene rings is 2. The molecule has 8 heteroatoms. The second-order valence-corrected chi connectivity index (χ2v) is 7.89. The lowest BCUT2D eigenvalue weighted by atomic mass is 10.1. The van der Waals surface area contributed by atoms with Gasteiger partial charge in [-0.1, -0.05) is 24.3 Å². The minimum absolute atomic E-state index is 0.441. The van der Waals surface area contributed by atoms with Crippen molar-refractivity contribution in [1.82, 2.24) is 9.13 Å². The van der Waals surface area contributed by atoms with Crippen LogP contribution in [0.1, 0.15) is 10.4 Å². The van der Waals surface area contributed by atoms with E-state index in [-0.39, 0.29) is 0 Å². The van der Waals surface area contributed by atoms with Gasteiger partial charge >= 0.3 is 5.69 Å². The van der Waals surface area contributed by atoms with Crippen molar-refractivity contribution in [2.75, 3.05) is 21.3 Å². The van der Waals surface area contributed by atoms with Crippen LogP contribution >= 0.6 is 11.3 Å². The van der Waals surface area contributed by atoms with E-state index in [0.717, 1.165) is 4.88 Å². The number of methoxy groups -OCH3 is 3. The van der Waals surface area contributed by atoms with Crippen molar-refractivity contribution in [3.05, 3.63) is 88.3 Å². The fraction of sp³-hybridized carbons (Fsp3) is 0.120. The topological polar surface area (TPSA) is 71.7 Å². The van der Waals surface area contributed by atoms with Gasteiger partial charge in [0.05, 0.1) is 37.6 Å². The molecule has 0 unspecified atom stereocenters. The molecule has 0 aliphatic heterocycles. The van der Waals surface area contributed by atoms with Gasteiger partial charge in [-0.2, -0.15) is 0 Å². The van der Waals surface area contributed by atoms with Gasteiger partial charge in [-0.05, 0) is 47.4 Å². The average Bonchev–Trinajstić information content (AvgIpc) is 3.50. The Morgan fingerprint density at radius 3 is 2.21 bits per heavy atom. The third kappa shape index (κ3) is 4.33. The Morgan fingerprint density at radius 1 is 0.939 bits per heavy atom. The van der Waals surface area contributed by atoms with Crippen molar-refractivity contribution < 1.29 is 19.0 Å². The Morgan fingerprint density at radius 2 is 1.64 bits per heavy atom. The molecule has 4 aromatic rings. The van der Waals surface area contributed by atoms with Crippen molar-refractivity contribution in [3.63, 3.8) is 0 Å². The van der Waals surface area contributed by atoms with E-state index in [1.165, 1.54) is 47.9 Å². The van der Waals surface area contributed by atoms with Crippen LogP contribution in [0.3, 0.4) is 0 Å². The molecule has 0 aliphatic carbocycles. The predicted molar refractivity (Wildman–Crippen MR) is 129 cm³/mol. The molecule has 168 valence electrons. The molecule has 0 amide bonds. The van der Waals surface area contributed by atoms with Crippen LogP contribution in [0.2, 0.25) is 0 Å². The number of imidazole rings is 1. The maximum atomic E-state index is 13.2. The Balaban J connectivity index is 1.77. The van der Waals surface area contributed by atoms with E-state index in [2.05, 4.69) is 0 Å². The molecule has 0 atom stereocenters. The Hall–Kier alpha value is -4.04. The molecule has 4 rings (SSSR count). The number of carbonyl (C=O) groups is 1. The number of aromatic nitrogens is 2. The molecule has 0 saturated carbocycles. The van der Waals surface area contributed by atoms with Gasteiger partial charge in [-0.25, -0.2) is 9.36 Å². The van der Waals surface area contributed by atoms with Crippen LogP contribution in [0.4, 0.5) is 0 Å². The maximum Gasteiger partial charge on any atom is 0.340 e. The van der Waals surface area contributed by atoms with Gasteiger partial charge in [0.1, 0.15) is 0 Å². The maximum absolute atomic E-state index is 13.2. The first-order valence-corrected chi connectivity index (χ1v) is 10.9. The summed E-state index contributed by atoms with van der Waals surface area (Å²) < 4.78 is 18.7. The highest BCUT2D eigenvalue weighted by atomic mass is 32.1. The molecule has 2 aromatic heterocycles. The minimum Gasteiger partial charge on any atom is -0.493 e. The van der Waals surface area contributed by atoms with Crippen LogP contribution in [0.25, 0.3) is 22.3 Å². The largest absolute Gasteiger partial charge is 0.493 e. The van der Waals surface area contributed by atoms with Crippen molar-refractivity contribution in [2.24, 2.45) is 0 Å². The second-order valence-electron chi connectivity index (χ2n) is 6.95. The lowest BCUT2D eigenvalue weighted by Gasteiger charge is -2.12. The molecule has 33 heavy (non-hydrogen) atoms. The number of hydrogen-bond donors (Lipinski definition) is 0. The van der Waals surface area contributed by atoms with Crippen LogP contribution < -0.4 is 19.9 Å². The van der Waals surface area contributed by atoms with E-state index in [1.807, 2.05) is 47.8 Å². The van der Waals surface area contributed by atoms with Gasteiger partial charge in [0.25, 0.3) is 5.91 Å². The van der Waals surface area contributed by atoms with Crippen LogP contribution in [-0.4, -0.2) is 36.4 Å². The number of nitrogens with zero attached hydrogens (tertiary/aromatic N) is 2. The third-order valence-electron chi connectivity index (χ3n) is 5.02. The smallest absolute Gasteiger partial charge is 0.340 e. The zero-order valence-electron chi connectivity index (χ0n) is 18.3. The summed E-state index contributed by atoms with van der Waals surface area (Å²) in [7, 11) is 4.57. The highest BCUT2D eigenvalue weighted by Gasteiger charge is 2.19. The Kier molecular flexibility index (Phi) is 6.46. The highest BCUT2D eigenvalue weighted by Crippen LogP contribution is 2.38. The molecule has 0 fully saturated rings. The van der Waals surface area contributed by atoms with Crippen molar-refractivity contribution in [1.29, 1.82) is 0 Å². The molecular formula is C25H22N2O5S. The molecular weight excluding hydrogens is 440 g/mol. The first-order chi connectivity index (χ1) is 16.1. The molecule has 7 nitrogen and oxygen atoms in total. The first kappa shape index (κ1) is 22.2. The van der Waals surface area contributed by atoms with Crippen LogP contribution in [-0.2, 0) is 0 Å². The molecule has 2 heterocycles. The number of para-hydroxylation sites is 1. The summed E-state index contributed by atoms with van der Waals surface area (Å²) >= 11 is 1.46. The number of ether oxygens (including phenoxy) is 3. The second kappa shape index (κ2) is 9.62. The zero-order chi connectivity index (χ0) is 23.4. The first-order valence-electron chi connectivity index (χ1n) is 10.0. The molecule has 0 aliphatic rings. The normalized spacial score (nSPS) is 11.0. The van der Waals surface area contributed by atoms with Gasteiger partial charge in [0.2, 0.25) is 5.75 Å². The Labute approximate surface area is 194 Å². The summed E-state index contributed by atoms with van der Waals surface area (Å²) in [6.45, 7) is 0. The van der Waals surface area contributed by atoms with Gasteiger partial charge < -0.3 is 14.2 Å². The van der Waals surface area contributed by atoms with Crippen LogP contribution in [0.5, 0.6) is 17.2 Å². The fourth-order valence-corrected chi connectivity index (χ4v) is 4.20. The average molecular weight is 463 g/mol. The fourth-order valence-electron chi connectivity index (χ4n) is 3.47. The molecule has 0 N–H and O–H groups in total. The minimum atomic E-state index is -0.466. The summed E-state index contributed by atoms with van der Waals surface area (Å²) in [5, 5.41) is 1.90. The lowest BCUT2D eigenvalue weighted by molar-refractivity contribution is 0.0967. The SMILES string of the molecule is COc1cc(/C=C/C(=O)n2c(-c3cccs3)cn(-c3ccccc3)c2=O)cc(OC)c1OC. The molecule has 0 radical (unpaired) electrons. The summed E-state index contributed by atoms with van der Waals surface area (Å²) in [6.07, 6.45) is 4.65. The number of carbonyl (C=O) groups excluding carboxylic acids is 1. The van der Waals surface area contributed by atoms with Crippen molar-refractivity contribution in [3.8, 4) is 33.5 Å². The Bertz CT molecular complexity index is 1330. The van der Waals surface area contributed by atoms with Gasteiger partial charge in [-0.15, -0.1) is 11.3 Å². The van der Waals surface area contributed by atoms with Gasteiger partial charge in [0, 0.05) is 12.3 Å². The molecule has 0 saturated heterocycles. The van der Waals surface area contributed by atoms with E-state index in [9.17, 15) is 9.59 Å². The van der Waals surface area contributed by atoms with E-state index in [0.29, 0.717) is 34.2 Å². The summed E-state index contributed by atoms with van der Waals surface area (Å²) in [6, 6.07) is 16.4. The highest BCUT2D eigenvalue weighted by molar-refractivity contribution is 7.13. The lowest BCUT2D eigenvalue weighted by Crippen LogP contribution is -2.27. The molecule has 0 bridgehead atoms. The van der Waals surface area contributed by atoms with E-state index >= 15 is 0 Å². The van der Waals surface area contributed by atoms with Gasteiger partial charge in [0.15, 0.2) is 11.5 Å². The molecule has 0 spiro atoms. The van der Waals surface area contributed by atoms with Gasteiger partial charge in [-0.3, -0.25) is 9.36 Å². The van der Waals surface area contributed by atoms with Crippen LogP contribution in [0.15, 0.2) is 77.0 Å². The number of hydrogen-bond acceptors (Lipinski definition) is 6. The summed E-state index contributed by atoms with van der Waals surface area (Å²) in [5.74, 6) is 0.928. The van der Waals surface area contributed by atoms with E-state index < -0.39 is 11.6 Å². The van der Waals surface area contributed by atoms with E-state index in [1.54, 1.807) is 24.4 Å². The number of thiophene rings is 1. The predicted octanol–water partition coefficient (Wildman–Crippen LogP) is 4.75. The quantitative estimate of drug-likeness (QED) is 0.371. The standard InChI is InChI=1S/C25H22N2O5S/c1-30-20-14-17(15-21(31-2)24(20)32-3)11-12-23(28)27-19(22-10-7-13-33-22)16-26(25(27)29)18-8-5-4-6-9-18/h4-16H,1-3H3/b12-11+. The zero-order valence-corrected chi connectivity index (χ0v) is 19.2. The monoisotopic (exact) mass is 462 g/mol. The third-order valence-corrected chi connectivity index (χ3v) is 5.92.